The lowest BCUT2D eigenvalue weighted by molar-refractivity contribution is -0.113. The SMILES string of the molecule is CCn1c(SCC(=O)Nc2scc(-c3ccc(Cl)cc3)c2C(=O)OC)nnc1-c1csc2c1CCC(C)C2. The largest absolute Gasteiger partial charge is 0.465 e. The number of carbonyl (C=O) groups excluding carboxylic acids is 2. The number of fused-ring (bicyclic) bond motifs is 1. The Morgan fingerprint density at radius 3 is 2.68 bits per heavy atom. The molecule has 0 saturated heterocycles. The molecule has 198 valence electrons. The number of thiophene rings is 2. The monoisotopic (exact) mass is 586 g/mol. The van der Waals surface area contributed by atoms with Crippen molar-refractivity contribution < 1.29 is 14.3 Å². The first-order valence-corrected chi connectivity index (χ1v) is 15.4. The number of nitrogens with zero attached hydrogens (tertiary/aromatic N) is 3. The highest BCUT2D eigenvalue weighted by atomic mass is 35.5. The van der Waals surface area contributed by atoms with E-state index in [2.05, 4.69) is 39.3 Å². The van der Waals surface area contributed by atoms with E-state index in [0.717, 1.165) is 24.2 Å². The van der Waals surface area contributed by atoms with Crippen molar-refractivity contribution >= 4 is 62.9 Å². The van der Waals surface area contributed by atoms with Gasteiger partial charge in [0.25, 0.3) is 0 Å². The van der Waals surface area contributed by atoms with Crippen molar-refractivity contribution in [3.8, 4) is 22.5 Å². The van der Waals surface area contributed by atoms with E-state index in [4.69, 9.17) is 16.3 Å². The number of amides is 1. The number of benzene rings is 1. The molecule has 3 heterocycles. The fourth-order valence-electron chi connectivity index (χ4n) is 4.63. The summed E-state index contributed by atoms with van der Waals surface area (Å²) < 4.78 is 7.08. The number of thioether (sulfide) groups is 1. The summed E-state index contributed by atoms with van der Waals surface area (Å²) in [6.07, 6.45) is 3.38. The molecular formula is C27H27ClN4O3S3. The van der Waals surface area contributed by atoms with Crippen molar-refractivity contribution in [3.05, 3.63) is 56.1 Å². The second-order valence-corrected chi connectivity index (χ2v) is 12.4. The number of methoxy groups -OCH3 is 1. The Balaban J connectivity index is 1.32. The third kappa shape index (κ3) is 5.40. The standard InChI is InChI=1S/C27H27ClN4O3S3/c1-4-32-24(20-13-36-21-11-15(2)5-10-18(20)21)30-31-27(32)38-14-22(33)29-25-23(26(34)35-3)19(12-37-25)16-6-8-17(28)9-7-16/h6-9,12-13,15H,4-5,10-11,14H2,1-3H3,(H,29,33). The second-order valence-electron chi connectivity index (χ2n) is 9.14. The molecule has 0 radical (unpaired) electrons. The highest BCUT2D eigenvalue weighted by Gasteiger charge is 2.25. The molecule has 1 atom stereocenters. The third-order valence-electron chi connectivity index (χ3n) is 6.60. The molecule has 1 aromatic carbocycles. The lowest BCUT2D eigenvalue weighted by atomic mass is 9.88. The lowest BCUT2D eigenvalue weighted by Crippen LogP contribution is -2.16. The fraction of sp³-hybridized carbons (Fsp3) is 0.333. The van der Waals surface area contributed by atoms with Crippen molar-refractivity contribution in [2.24, 2.45) is 5.92 Å². The summed E-state index contributed by atoms with van der Waals surface area (Å²) in [5.41, 5.74) is 4.39. The number of hydrogen-bond acceptors (Lipinski definition) is 8. The number of nitrogens with one attached hydrogen (secondary N) is 1. The highest BCUT2D eigenvalue weighted by Crippen LogP contribution is 2.39. The highest BCUT2D eigenvalue weighted by molar-refractivity contribution is 7.99. The number of hydrogen-bond donors (Lipinski definition) is 1. The maximum Gasteiger partial charge on any atom is 0.341 e. The number of ether oxygens (including phenoxy) is 1. The molecule has 5 rings (SSSR count). The predicted octanol–water partition coefficient (Wildman–Crippen LogP) is 7.05. The Morgan fingerprint density at radius 2 is 1.95 bits per heavy atom. The maximum absolute atomic E-state index is 12.9. The van der Waals surface area contributed by atoms with E-state index in [1.54, 1.807) is 12.1 Å². The molecule has 0 fully saturated rings. The summed E-state index contributed by atoms with van der Waals surface area (Å²) in [5, 5.41) is 17.6. The minimum Gasteiger partial charge on any atom is -0.465 e. The molecule has 0 aliphatic heterocycles. The minimum atomic E-state index is -0.511. The third-order valence-corrected chi connectivity index (χ3v) is 9.76. The molecule has 38 heavy (non-hydrogen) atoms. The normalized spacial score (nSPS) is 14.8. The molecule has 3 aromatic heterocycles. The van der Waals surface area contributed by atoms with Gasteiger partial charge in [-0.1, -0.05) is 42.4 Å². The van der Waals surface area contributed by atoms with Crippen LogP contribution in [0.15, 0.2) is 40.2 Å². The van der Waals surface area contributed by atoms with Crippen LogP contribution in [-0.2, 0) is 28.9 Å². The first-order chi connectivity index (χ1) is 18.4. The lowest BCUT2D eigenvalue weighted by Gasteiger charge is -2.19. The van der Waals surface area contributed by atoms with Gasteiger partial charge in [-0.05, 0) is 55.4 Å². The van der Waals surface area contributed by atoms with Crippen LogP contribution in [0.2, 0.25) is 5.02 Å². The Morgan fingerprint density at radius 1 is 1.18 bits per heavy atom. The first-order valence-electron chi connectivity index (χ1n) is 12.3. The smallest absolute Gasteiger partial charge is 0.341 e. The van der Waals surface area contributed by atoms with E-state index >= 15 is 0 Å². The van der Waals surface area contributed by atoms with Gasteiger partial charge in [-0.2, -0.15) is 0 Å². The number of rotatable bonds is 8. The van der Waals surface area contributed by atoms with Crippen LogP contribution in [0, 0.1) is 5.92 Å². The van der Waals surface area contributed by atoms with E-state index in [1.165, 1.54) is 52.6 Å². The van der Waals surface area contributed by atoms with Crippen molar-refractivity contribution in [1.29, 1.82) is 0 Å². The van der Waals surface area contributed by atoms with Gasteiger partial charge >= 0.3 is 5.97 Å². The van der Waals surface area contributed by atoms with Gasteiger partial charge in [0, 0.05) is 38.3 Å². The van der Waals surface area contributed by atoms with Crippen LogP contribution in [0.1, 0.15) is 41.1 Å². The zero-order chi connectivity index (χ0) is 26.8. The maximum atomic E-state index is 12.9. The average molecular weight is 587 g/mol. The molecule has 1 unspecified atom stereocenters. The zero-order valence-corrected chi connectivity index (χ0v) is 24.5. The van der Waals surface area contributed by atoms with Crippen LogP contribution in [0.4, 0.5) is 5.00 Å². The Labute approximate surface area is 238 Å². The topological polar surface area (TPSA) is 86.1 Å². The summed E-state index contributed by atoms with van der Waals surface area (Å²) in [7, 11) is 1.33. The summed E-state index contributed by atoms with van der Waals surface area (Å²) in [5.74, 6) is 0.961. The molecule has 0 spiro atoms. The van der Waals surface area contributed by atoms with Gasteiger partial charge < -0.3 is 14.6 Å². The molecule has 1 aliphatic rings. The number of aromatic nitrogens is 3. The van der Waals surface area contributed by atoms with Gasteiger partial charge in [0.05, 0.1) is 12.9 Å². The Kier molecular flexibility index (Phi) is 8.23. The fourth-order valence-corrected chi connectivity index (χ4v) is 7.78. The van der Waals surface area contributed by atoms with E-state index in [0.29, 0.717) is 38.8 Å². The van der Waals surface area contributed by atoms with Crippen molar-refractivity contribution in [1.82, 2.24) is 14.8 Å². The number of anilines is 1. The van der Waals surface area contributed by atoms with Crippen LogP contribution >= 0.6 is 46.0 Å². The van der Waals surface area contributed by atoms with Crippen molar-refractivity contribution in [3.63, 3.8) is 0 Å². The number of esters is 1. The molecule has 7 nitrogen and oxygen atoms in total. The van der Waals surface area contributed by atoms with Crippen molar-refractivity contribution in [2.75, 3.05) is 18.2 Å². The van der Waals surface area contributed by atoms with Gasteiger partial charge in [0.1, 0.15) is 10.6 Å². The summed E-state index contributed by atoms with van der Waals surface area (Å²) in [4.78, 5) is 27.0. The van der Waals surface area contributed by atoms with E-state index in [9.17, 15) is 9.59 Å². The van der Waals surface area contributed by atoms with Crippen LogP contribution < -0.4 is 5.32 Å². The Hall–Kier alpha value is -2.66. The first kappa shape index (κ1) is 26.9. The van der Waals surface area contributed by atoms with Gasteiger partial charge in [-0.15, -0.1) is 32.9 Å². The van der Waals surface area contributed by atoms with Crippen molar-refractivity contribution in [2.45, 2.75) is 44.8 Å². The molecule has 1 N–H and O–H groups in total. The van der Waals surface area contributed by atoms with E-state index < -0.39 is 5.97 Å². The van der Waals surface area contributed by atoms with Gasteiger partial charge in [0.15, 0.2) is 11.0 Å². The summed E-state index contributed by atoms with van der Waals surface area (Å²) in [6.45, 7) is 5.07. The zero-order valence-electron chi connectivity index (χ0n) is 21.2. The molecule has 1 aliphatic carbocycles. The van der Waals surface area contributed by atoms with Crippen LogP contribution in [-0.4, -0.2) is 39.5 Å². The summed E-state index contributed by atoms with van der Waals surface area (Å²) >= 11 is 10.4. The van der Waals surface area contributed by atoms with Gasteiger partial charge in [0.2, 0.25) is 5.91 Å². The predicted molar refractivity (Wildman–Crippen MR) is 156 cm³/mol. The van der Waals surface area contributed by atoms with Crippen LogP contribution in [0.5, 0.6) is 0 Å². The molecule has 11 heteroatoms. The molecule has 4 aromatic rings. The molecular weight excluding hydrogens is 560 g/mol. The van der Waals surface area contributed by atoms with Gasteiger partial charge in [-0.25, -0.2) is 4.79 Å². The van der Waals surface area contributed by atoms with Gasteiger partial charge in [-0.3, -0.25) is 4.79 Å². The molecule has 1 amide bonds. The average Bonchev–Trinajstić information content (AvgIpc) is 3.63. The molecule has 0 bridgehead atoms. The van der Waals surface area contributed by atoms with E-state index in [1.807, 2.05) is 28.8 Å². The van der Waals surface area contributed by atoms with Crippen LogP contribution in [0.25, 0.3) is 22.5 Å². The Bertz CT molecular complexity index is 1480. The van der Waals surface area contributed by atoms with E-state index in [-0.39, 0.29) is 11.7 Å². The number of halogens is 1. The quantitative estimate of drug-likeness (QED) is 0.176. The summed E-state index contributed by atoms with van der Waals surface area (Å²) in [6, 6.07) is 7.18. The molecule has 0 saturated carbocycles. The minimum absolute atomic E-state index is 0.131. The van der Waals surface area contributed by atoms with Crippen LogP contribution in [0.3, 0.4) is 0 Å². The number of carbonyl (C=O) groups is 2. The second kappa shape index (κ2) is 11.6.